The number of anilines is 1. The lowest BCUT2D eigenvalue weighted by molar-refractivity contribution is 0.0952. The number of carbonyl (C=O) groups is 1. The van der Waals surface area contributed by atoms with Gasteiger partial charge in [0.1, 0.15) is 5.82 Å². The fourth-order valence-corrected chi connectivity index (χ4v) is 4.00. The molecular formula is C24H22N4O2. The summed E-state index contributed by atoms with van der Waals surface area (Å²) in [6.45, 7) is 3.39. The van der Waals surface area contributed by atoms with Gasteiger partial charge in [-0.3, -0.25) is 9.78 Å². The molecule has 0 saturated carbocycles. The fraction of sp³-hybridized carbons (Fsp3) is 0.208. The minimum absolute atomic E-state index is 0.138. The zero-order chi connectivity index (χ0) is 20.3. The van der Waals surface area contributed by atoms with E-state index in [1.54, 1.807) is 12.4 Å². The monoisotopic (exact) mass is 398 g/mol. The summed E-state index contributed by atoms with van der Waals surface area (Å²) in [6, 6.07) is 17.8. The van der Waals surface area contributed by atoms with E-state index in [1.807, 2.05) is 48.5 Å². The summed E-state index contributed by atoms with van der Waals surface area (Å²) in [6.07, 6.45) is 3.52. The van der Waals surface area contributed by atoms with Crippen LogP contribution >= 0.6 is 0 Å². The van der Waals surface area contributed by atoms with Gasteiger partial charge in [0.2, 0.25) is 0 Å². The molecule has 1 aliphatic rings. The summed E-state index contributed by atoms with van der Waals surface area (Å²) in [7, 11) is 0. The second kappa shape index (κ2) is 8.08. The van der Waals surface area contributed by atoms with Gasteiger partial charge in [0.25, 0.3) is 5.91 Å². The van der Waals surface area contributed by atoms with Crippen molar-refractivity contribution in [1.29, 1.82) is 0 Å². The maximum atomic E-state index is 13.2. The van der Waals surface area contributed by atoms with Crippen molar-refractivity contribution in [3.8, 4) is 0 Å². The molecule has 2 aromatic carbocycles. The molecule has 1 amide bonds. The number of amides is 1. The first kappa shape index (κ1) is 18.5. The lowest BCUT2D eigenvalue weighted by Crippen LogP contribution is -2.37. The Bertz CT molecular complexity index is 1220. The van der Waals surface area contributed by atoms with E-state index in [4.69, 9.17) is 4.74 Å². The molecule has 4 aromatic rings. The van der Waals surface area contributed by atoms with E-state index in [1.165, 1.54) is 0 Å². The van der Waals surface area contributed by atoms with Crippen molar-refractivity contribution in [2.45, 2.75) is 6.54 Å². The summed E-state index contributed by atoms with van der Waals surface area (Å²) in [5.41, 5.74) is 2.29. The molecule has 0 atom stereocenters. The van der Waals surface area contributed by atoms with E-state index in [9.17, 15) is 4.79 Å². The number of rotatable bonds is 4. The number of morpholine rings is 1. The van der Waals surface area contributed by atoms with Crippen LogP contribution in [0.4, 0.5) is 5.82 Å². The van der Waals surface area contributed by atoms with Gasteiger partial charge in [0.15, 0.2) is 0 Å². The van der Waals surface area contributed by atoms with Crippen molar-refractivity contribution >= 4 is 33.4 Å². The highest BCUT2D eigenvalue weighted by Gasteiger charge is 2.18. The number of aromatic nitrogens is 2. The van der Waals surface area contributed by atoms with Crippen LogP contribution in [-0.4, -0.2) is 42.2 Å². The number of nitrogens with one attached hydrogen (secondary N) is 1. The Kier molecular flexibility index (Phi) is 4.99. The number of ether oxygens (including phenoxy) is 1. The van der Waals surface area contributed by atoms with Crippen molar-refractivity contribution in [1.82, 2.24) is 15.3 Å². The smallest absolute Gasteiger partial charge is 0.253 e. The van der Waals surface area contributed by atoms with Crippen LogP contribution in [-0.2, 0) is 11.3 Å². The molecule has 1 fully saturated rings. The summed E-state index contributed by atoms with van der Waals surface area (Å²) in [5, 5.41) is 6.18. The molecule has 0 spiro atoms. The van der Waals surface area contributed by atoms with E-state index < -0.39 is 0 Å². The molecule has 0 aliphatic carbocycles. The molecule has 0 radical (unpaired) electrons. The highest BCUT2D eigenvalue weighted by Crippen LogP contribution is 2.27. The molecule has 150 valence electrons. The first-order chi connectivity index (χ1) is 14.8. The standard InChI is InChI=1S/C24H22N4O2/c29-24(27-16-18-6-3-10-26-23(18)28-11-13-30-14-12-28)21-15-17-5-1-2-7-19(17)20-8-4-9-25-22(20)21/h1-10,15H,11-14,16H2,(H,27,29). The summed E-state index contributed by atoms with van der Waals surface area (Å²) < 4.78 is 5.45. The molecule has 2 aromatic heterocycles. The first-order valence-electron chi connectivity index (χ1n) is 10.1. The summed E-state index contributed by atoms with van der Waals surface area (Å²) in [5.74, 6) is 0.767. The molecule has 3 heterocycles. The predicted octanol–water partition coefficient (Wildman–Crippen LogP) is 3.55. The van der Waals surface area contributed by atoms with Crippen molar-refractivity contribution in [2.75, 3.05) is 31.2 Å². The third-order valence-electron chi connectivity index (χ3n) is 5.48. The Morgan fingerprint density at radius 2 is 1.73 bits per heavy atom. The summed E-state index contributed by atoms with van der Waals surface area (Å²) in [4.78, 5) is 24.4. The van der Waals surface area contributed by atoms with Gasteiger partial charge in [0, 0.05) is 43.0 Å². The highest BCUT2D eigenvalue weighted by molar-refractivity contribution is 6.15. The van der Waals surface area contributed by atoms with Crippen LogP contribution in [0.5, 0.6) is 0 Å². The lowest BCUT2D eigenvalue weighted by atomic mass is 10.0. The third-order valence-corrected chi connectivity index (χ3v) is 5.48. The van der Waals surface area contributed by atoms with Crippen LogP contribution in [0.2, 0.25) is 0 Å². The van der Waals surface area contributed by atoms with Gasteiger partial charge in [-0.1, -0.05) is 36.4 Å². The third kappa shape index (κ3) is 3.46. The van der Waals surface area contributed by atoms with E-state index >= 15 is 0 Å². The molecule has 6 nitrogen and oxygen atoms in total. The van der Waals surface area contributed by atoms with Gasteiger partial charge >= 0.3 is 0 Å². The van der Waals surface area contributed by atoms with Gasteiger partial charge in [0.05, 0.1) is 24.3 Å². The van der Waals surface area contributed by atoms with Crippen molar-refractivity contribution in [3.05, 3.63) is 78.1 Å². The highest BCUT2D eigenvalue weighted by atomic mass is 16.5. The van der Waals surface area contributed by atoms with Gasteiger partial charge in [-0.25, -0.2) is 4.98 Å². The fourth-order valence-electron chi connectivity index (χ4n) is 4.00. The lowest BCUT2D eigenvalue weighted by Gasteiger charge is -2.29. The van der Waals surface area contributed by atoms with Gasteiger partial charge < -0.3 is 15.0 Å². The van der Waals surface area contributed by atoms with Gasteiger partial charge in [-0.15, -0.1) is 0 Å². The number of nitrogens with zero attached hydrogens (tertiary/aromatic N) is 3. The Labute approximate surface area is 174 Å². The quantitative estimate of drug-likeness (QED) is 0.533. The van der Waals surface area contributed by atoms with E-state index in [0.717, 1.165) is 40.6 Å². The molecule has 30 heavy (non-hydrogen) atoms. The number of benzene rings is 2. The zero-order valence-electron chi connectivity index (χ0n) is 16.5. The molecule has 6 heteroatoms. The Balaban J connectivity index is 1.45. The Morgan fingerprint density at radius 3 is 2.63 bits per heavy atom. The van der Waals surface area contributed by atoms with E-state index in [-0.39, 0.29) is 5.91 Å². The van der Waals surface area contributed by atoms with Crippen LogP contribution in [0, 0.1) is 0 Å². The average molecular weight is 398 g/mol. The molecule has 0 unspecified atom stereocenters. The molecule has 0 bridgehead atoms. The topological polar surface area (TPSA) is 67.4 Å². The molecule has 1 N–H and O–H groups in total. The predicted molar refractivity (Wildman–Crippen MR) is 118 cm³/mol. The minimum atomic E-state index is -0.138. The van der Waals surface area contributed by atoms with Crippen LogP contribution in [0.3, 0.4) is 0 Å². The number of hydrogen-bond acceptors (Lipinski definition) is 5. The van der Waals surface area contributed by atoms with Crippen molar-refractivity contribution in [3.63, 3.8) is 0 Å². The van der Waals surface area contributed by atoms with Crippen molar-refractivity contribution in [2.24, 2.45) is 0 Å². The van der Waals surface area contributed by atoms with Crippen molar-refractivity contribution < 1.29 is 9.53 Å². The average Bonchev–Trinajstić information content (AvgIpc) is 2.83. The van der Waals surface area contributed by atoms with Crippen LogP contribution in [0.1, 0.15) is 15.9 Å². The second-order valence-corrected chi connectivity index (χ2v) is 7.31. The van der Waals surface area contributed by atoms with Crippen LogP contribution < -0.4 is 10.2 Å². The van der Waals surface area contributed by atoms with Crippen LogP contribution in [0.15, 0.2) is 67.0 Å². The Morgan fingerprint density at radius 1 is 0.967 bits per heavy atom. The normalized spacial score (nSPS) is 14.2. The number of hydrogen-bond donors (Lipinski definition) is 1. The molecule has 5 rings (SSSR count). The number of fused-ring (bicyclic) bond motifs is 3. The first-order valence-corrected chi connectivity index (χ1v) is 10.1. The SMILES string of the molecule is O=C(NCc1cccnc1N1CCOCC1)c1cc2ccccc2c2cccnc12. The maximum absolute atomic E-state index is 13.2. The number of carbonyl (C=O) groups excluding carboxylic acids is 1. The summed E-state index contributed by atoms with van der Waals surface area (Å²) >= 11 is 0. The molecule has 1 aliphatic heterocycles. The second-order valence-electron chi connectivity index (χ2n) is 7.31. The number of pyridine rings is 2. The maximum Gasteiger partial charge on any atom is 0.253 e. The van der Waals surface area contributed by atoms with E-state index in [2.05, 4.69) is 26.3 Å². The minimum Gasteiger partial charge on any atom is -0.378 e. The molecular weight excluding hydrogens is 376 g/mol. The molecule has 1 saturated heterocycles. The zero-order valence-corrected chi connectivity index (χ0v) is 16.5. The van der Waals surface area contributed by atoms with E-state index in [0.29, 0.717) is 30.8 Å². The van der Waals surface area contributed by atoms with Gasteiger partial charge in [-0.2, -0.15) is 0 Å². The van der Waals surface area contributed by atoms with Gasteiger partial charge in [-0.05, 0) is 29.0 Å². The largest absolute Gasteiger partial charge is 0.378 e. The van der Waals surface area contributed by atoms with Crippen LogP contribution in [0.25, 0.3) is 21.7 Å². The Hall–Kier alpha value is -3.51.